The molecular formula is C13H15N. The van der Waals surface area contributed by atoms with Crippen LogP contribution in [0.15, 0.2) is 30.6 Å². The molecule has 0 atom stereocenters. The molecule has 0 aliphatic carbocycles. The Balaban J connectivity index is 2.59. The summed E-state index contributed by atoms with van der Waals surface area (Å²) in [6.45, 7) is 4.40. The molecular weight excluding hydrogens is 170 g/mol. The minimum Gasteiger partial charge on any atom is -0.264 e. The number of hydrogen-bond acceptors (Lipinski definition) is 1. The fourth-order valence-electron chi connectivity index (χ4n) is 1.84. The highest BCUT2D eigenvalue weighted by atomic mass is 14.6. The van der Waals surface area contributed by atoms with Gasteiger partial charge in [-0.3, -0.25) is 4.98 Å². The molecule has 0 aliphatic rings. The van der Waals surface area contributed by atoms with Crippen LogP contribution in [-0.4, -0.2) is 4.98 Å². The summed E-state index contributed by atoms with van der Waals surface area (Å²) in [5.74, 6) is 0. The third-order valence-corrected chi connectivity index (χ3v) is 2.61. The molecule has 1 heteroatoms. The van der Waals surface area contributed by atoms with Gasteiger partial charge in [-0.2, -0.15) is 0 Å². The van der Waals surface area contributed by atoms with E-state index < -0.39 is 0 Å². The summed E-state index contributed by atoms with van der Waals surface area (Å²) >= 11 is 0. The molecule has 1 heterocycles. The van der Waals surface area contributed by atoms with Gasteiger partial charge in [-0.05, 0) is 42.0 Å². The molecule has 0 N–H and O–H groups in total. The van der Waals surface area contributed by atoms with Crippen LogP contribution in [0.4, 0.5) is 0 Å². The van der Waals surface area contributed by atoms with Crippen LogP contribution in [0.3, 0.4) is 0 Å². The van der Waals surface area contributed by atoms with Crippen molar-refractivity contribution in [2.75, 3.05) is 0 Å². The van der Waals surface area contributed by atoms with Crippen LogP contribution in [0, 0.1) is 6.92 Å². The van der Waals surface area contributed by atoms with Crippen molar-refractivity contribution < 1.29 is 0 Å². The molecule has 0 radical (unpaired) electrons. The molecule has 72 valence electrons. The molecule has 14 heavy (non-hydrogen) atoms. The highest BCUT2D eigenvalue weighted by molar-refractivity contribution is 5.83. The zero-order chi connectivity index (χ0) is 9.97. The Bertz CT molecular complexity index is 446. The number of pyridine rings is 1. The first-order chi connectivity index (χ1) is 6.81. The summed E-state index contributed by atoms with van der Waals surface area (Å²) in [4.78, 5) is 4.14. The van der Waals surface area contributed by atoms with E-state index in [1.54, 1.807) is 0 Å². The van der Waals surface area contributed by atoms with Crippen LogP contribution >= 0.6 is 0 Å². The smallest absolute Gasteiger partial charge is 0.0346 e. The first-order valence-electron chi connectivity index (χ1n) is 5.14. The Labute approximate surface area is 84.8 Å². The van der Waals surface area contributed by atoms with Crippen molar-refractivity contribution in [1.29, 1.82) is 0 Å². The molecule has 0 aliphatic heterocycles. The van der Waals surface area contributed by atoms with E-state index in [4.69, 9.17) is 0 Å². The lowest BCUT2D eigenvalue weighted by Gasteiger charge is -2.06. The van der Waals surface area contributed by atoms with Crippen LogP contribution in [0.5, 0.6) is 0 Å². The standard InChI is InChI=1S/C13H15N/c1-3-4-11-8-13-9-14-6-5-12(13)7-10(11)2/h5-9H,3-4H2,1-2H3. The van der Waals surface area contributed by atoms with Gasteiger partial charge in [-0.1, -0.05) is 19.4 Å². The van der Waals surface area contributed by atoms with Crippen molar-refractivity contribution in [1.82, 2.24) is 4.98 Å². The van der Waals surface area contributed by atoms with E-state index in [1.165, 1.54) is 28.3 Å². The molecule has 0 spiro atoms. The van der Waals surface area contributed by atoms with Crippen molar-refractivity contribution in [3.05, 3.63) is 41.7 Å². The summed E-state index contributed by atoms with van der Waals surface area (Å²) in [5.41, 5.74) is 2.85. The van der Waals surface area contributed by atoms with Crippen LogP contribution in [0.25, 0.3) is 10.8 Å². The van der Waals surface area contributed by atoms with Crippen LogP contribution in [-0.2, 0) is 6.42 Å². The van der Waals surface area contributed by atoms with Crippen LogP contribution in [0.2, 0.25) is 0 Å². The predicted octanol–water partition coefficient (Wildman–Crippen LogP) is 3.50. The van der Waals surface area contributed by atoms with Crippen molar-refractivity contribution >= 4 is 10.8 Å². The van der Waals surface area contributed by atoms with Gasteiger partial charge in [-0.15, -0.1) is 0 Å². The average Bonchev–Trinajstić information content (AvgIpc) is 2.19. The molecule has 1 aromatic carbocycles. The summed E-state index contributed by atoms with van der Waals surface area (Å²) in [6, 6.07) is 6.58. The lowest BCUT2D eigenvalue weighted by Crippen LogP contribution is -1.89. The number of rotatable bonds is 2. The van der Waals surface area contributed by atoms with E-state index in [0.29, 0.717) is 0 Å². The lowest BCUT2D eigenvalue weighted by molar-refractivity contribution is 0.915. The summed E-state index contributed by atoms with van der Waals surface area (Å²) < 4.78 is 0. The summed E-state index contributed by atoms with van der Waals surface area (Å²) in [6.07, 6.45) is 6.15. The van der Waals surface area contributed by atoms with Gasteiger partial charge in [0.05, 0.1) is 0 Å². The Hall–Kier alpha value is -1.37. The third kappa shape index (κ3) is 1.63. The second kappa shape index (κ2) is 3.79. The van der Waals surface area contributed by atoms with E-state index in [-0.39, 0.29) is 0 Å². The second-order valence-corrected chi connectivity index (χ2v) is 3.75. The van der Waals surface area contributed by atoms with Gasteiger partial charge in [0.15, 0.2) is 0 Å². The van der Waals surface area contributed by atoms with E-state index in [2.05, 4.69) is 37.0 Å². The Morgan fingerprint density at radius 1 is 1.21 bits per heavy atom. The Morgan fingerprint density at radius 2 is 2.07 bits per heavy atom. The number of fused-ring (bicyclic) bond motifs is 1. The van der Waals surface area contributed by atoms with E-state index in [0.717, 1.165) is 6.42 Å². The SMILES string of the molecule is CCCc1cc2cnccc2cc1C. The normalized spacial score (nSPS) is 10.7. The number of hydrogen-bond donors (Lipinski definition) is 0. The minimum absolute atomic E-state index is 1.16. The van der Waals surface area contributed by atoms with Gasteiger partial charge in [0.1, 0.15) is 0 Å². The van der Waals surface area contributed by atoms with Crippen LogP contribution in [0.1, 0.15) is 24.5 Å². The van der Waals surface area contributed by atoms with E-state index >= 15 is 0 Å². The summed E-state index contributed by atoms with van der Waals surface area (Å²) in [7, 11) is 0. The zero-order valence-corrected chi connectivity index (χ0v) is 8.75. The molecule has 1 nitrogen and oxygen atoms in total. The average molecular weight is 185 g/mol. The van der Waals surface area contributed by atoms with Gasteiger partial charge in [-0.25, -0.2) is 0 Å². The molecule has 0 bridgehead atoms. The Morgan fingerprint density at radius 3 is 2.86 bits per heavy atom. The molecule has 0 saturated heterocycles. The molecule has 2 rings (SSSR count). The number of benzene rings is 1. The maximum absolute atomic E-state index is 4.14. The van der Waals surface area contributed by atoms with Gasteiger partial charge >= 0.3 is 0 Å². The molecule has 2 aromatic rings. The first-order valence-corrected chi connectivity index (χ1v) is 5.14. The number of nitrogens with zero attached hydrogens (tertiary/aromatic N) is 1. The molecule has 0 fully saturated rings. The minimum atomic E-state index is 1.16. The molecule has 0 saturated carbocycles. The van der Waals surface area contributed by atoms with Crippen molar-refractivity contribution in [3.63, 3.8) is 0 Å². The fourth-order valence-corrected chi connectivity index (χ4v) is 1.84. The molecule has 0 unspecified atom stereocenters. The number of aryl methyl sites for hydroxylation is 2. The van der Waals surface area contributed by atoms with Crippen molar-refractivity contribution in [3.8, 4) is 0 Å². The lowest BCUT2D eigenvalue weighted by atomic mass is 10.0. The molecule has 0 amide bonds. The fraction of sp³-hybridized carbons (Fsp3) is 0.308. The summed E-state index contributed by atoms with van der Waals surface area (Å²) in [5, 5.41) is 2.54. The van der Waals surface area contributed by atoms with Gasteiger partial charge in [0.2, 0.25) is 0 Å². The third-order valence-electron chi connectivity index (χ3n) is 2.61. The van der Waals surface area contributed by atoms with Crippen molar-refractivity contribution in [2.45, 2.75) is 26.7 Å². The topological polar surface area (TPSA) is 12.9 Å². The quantitative estimate of drug-likeness (QED) is 0.697. The maximum atomic E-state index is 4.14. The van der Waals surface area contributed by atoms with Gasteiger partial charge in [0.25, 0.3) is 0 Å². The van der Waals surface area contributed by atoms with E-state index in [1.807, 2.05) is 12.4 Å². The van der Waals surface area contributed by atoms with Gasteiger partial charge in [0, 0.05) is 17.8 Å². The monoisotopic (exact) mass is 185 g/mol. The van der Waals surface area contributed by atoms with Gasteiger partial charge < -0.3 is 0 Å². The Kier molecular flexibility index (Phi) is 2.49. The first kappa shape index (κ1) is 9.20. The highest BCUT2D eigenvalue weighted by Crippen LogP contribution is 2.19. The highest BCUT2D eigenvalue weighted by Gasteiger charge is 2.00. The zero-order valence-electron chi connectivity index (χ0n) is 8.75. The largest absolute Gasteiger partial charge is 0.264 e. The molecule has 1 aromatic heterocycles. The van der Waals surface area contributed by atoms with Crippen molar-refractivity contribution in [2.24, 2.45) is 0 Å². The van der Waals surface area contributed by atoms with Crippen LogP contribution < -0.4 is 0 Å². The second-order valence-electron chi connectivity index (χ2n) is 3.75. The maximum Gasteiger partial charge on any atom is 0.0346 e. The number of aromatic nitrogens is 1. The predicted molar refractivity (Wildman–Crippen MR) is 60.5 cm³/mol. The van der Waals surface area contributed by atoms with E-state index in [9.17, 15) is 0 Å².